The highest BCUT2D eigenvalue weighted by Gasteiger charge is 2.10. The third-order valence-corrected chi connectivity index (χ3v) is 2.80. The molecule has 0 aliphatic heterocycles. The Hall–Kier alpha value is -0.120. The van der Waals surface area contributed by atoms with E-state index in [1.807, 2.05) is 0 Å². The molecule has 0 fully saturated rings. The van der Waals surface area contributed by atoms with Crippen LogP contribution in [0, 0.1) is 0 Å². The van der Waals surface area contributed by atoms with E-state index in [1.54, 1.807) is 0 Å². The minimum Gasteiger partial charge on any atom is -0.392 e. The molecular formula is C12H28N2O. The summed E-state index contributed by atoms with van der Waals surface area (Å²) in [5.74, 6) is 0. The van der Waals surface area contributed by atoms with Gasteiger partial charge in [-0.2, -0.15) is 0 Å². The average Bonchev–Trinajstić information content (AvgIpc) is 2.22. The van der Waals surface area contributed by atoms with Gasteiger partial charge in [-0.25, -0.2) is 0 Å². The Labute approximate surface area is 94.6 Å². The first kappa shape index (κ1) is 14.9. The van der Waals surface area contributed by atoms with Crippen molar-refractivity contribution in [3.63, 3.8) is 0 Å². The molecule has 0 saturated heterocycles. The predicted octanol–water partition coefficient (Wildman–Crippen LogP) is 1.60. The van der Waals surface area contributed by atoms with E-state index >= 15 is 0 Å². The van der Waals surface area contributed by atoms with E-state index in [4.69, 9.17) is 5.73 Å². The van der Waals surface area contributed by atoms with E-state index in [9.17, 15) is 5.11 Å². The fraction of sp³-hybridized carbons (Fsp3) is 1.00. The molecule has 0 aromatic heterocycles. The van der Waals surface area contributed by atoms with Gasteiger partial charge in [-0.15, -0.1) is 0 Å². The fourth-order valence-corrected chi connectivity index (χ4v) is 1.63. The quantitative estimate of drug-likeness (QED) is 0.576. The second-order valence-corrected chi connectivity index (χ2v) is 4.52. The van der Waals surface area contributed by atoms with Crippen LogP contribution in [0.15, 0.2) is 0 Å². The van der Waals surface area contributed by atoms with Gasteiger partial charge in [0.05, 0.1) is 6.10 Å². The normalized spacial score (nSPS) is 13.8. The molecule has 0 amide bonds. The summed E-state index contributed by atoms with van der Waals surface area (Å²) in [7, 11) is 0. The molecule has 0 radical (unpaired) electrons. The van der Waals surface area contributed by atoms with E-state index in [1.165, 1.54) is 19.3 Å². The summed E-state index contributed by atoms with van der Waals surface area (Å²) in [5.41, 5.74) is 5.39. The standard InChI is InChI=1S/C12H28N2O/c1-4-5-6-8-14(11(2)3)9-7-12(15)10-13/h11-12,15H,4-10,13H2,1-3H3. The van der Waals surface area contributed by atoms with Crippen molar-refractivity contribution in [2.45, 2.75) is 58.6 Å². The summed E-state index contributed by atoms with van der Waals surface area (Å²) >= 11 is 0. The largest absolute Gasteiger partial charge is 0.392 e. The highest BCUT2D eigenvalue weighted by atomic mass is 16.3. The van der Waals surface area contributed by atoms with Crippen LogP contribution in [0.5, 0.6) is 0 Å². The maximum Gasteiger partial charge on any atom is 0.0674 e. The Kier molecular flexibility index (Phi) is 9.06. The van der Waals surface area contributed by atoms with Crippen molar-refractivity contribution < 1.29 is 5.11 Å². The van der Waals surface area contributed by atoms with Crippen molar-refractivity contribution in [2.24, 2.45) is 5.73 Å². The Morgan fingerprint density at radius 3 is 2.33 bits per heavy atom. The molecule has 15 heavy (non-hydrogen) atoms. The van der Waals surface area contributed by atoms with Gasteiger partial charge in [-0.3, -0.25) is 0 Å². The minimum atomic E-state index is -0.336. The maximum atomic E-state index is 9.41. The molecule has 0 aromatic rings. The van der Waals surface area contributed by atoms with Crippen LogP contribution in [0.3, 0.4) is 0 Å². The van der Waals surface area contributed by atoms with E-state index in [2.05, 4.69) is 25.7 Å². The minimum absolute atomic E-state index is 0.336. The fourth-order valence-electron chi connectivity index (χ4n) is 1.63. The van der Waals surface area contributed by atoms with E-state index < -0.39 is 0 Å². The molecule has 3 nitrogen and oxygen atoms in total. The SMILES string of the molecule is CCCCCN(CCC(O)CN)C(C)C. The molecule has 0 aliphatic rings. The van der Waals surface area contributed by atoms with Crippen LogP contribution in [0.25, 0.3) is 0 Å². The lowest BCUT2D eigenvalue weighted by atomic mass is 10.2. The lowest BCUT2D eigenvalue weighted by molar-refractivity contribution is 0.134. The van der Waals surface area contributed by atoms with Gasteiger partial charge in [-0.1, -0.05) is 19.8 Å². The number of aliphatic hydroxyl groups excluding tert-OH is 1. The maximum absolute atomic E-state index is 9.41. The number of hydrogen-bond donors (Lipinski definition) is 2. The lowest BCUT2D eigenvalue weighted by Gasteiger charge is -2.27. The first-order valence-corrected chi connectivity index (χ1v) is 6.24. The Morgan fingerprint density at radius 2 is 1.87 bits per heavy atom. The third-order valence-electron chi connectivity index (χ3n) is 2.80. The van der Waals surface area contributed by atoms with Gasteiger partial charge in [0.15, 0.2) is 0 Å². The molecule has 0 aromatic carbocycles. The molecule has 1 unspecified atom stereocenters. The van der Waals surface area contributed by atoms with E-state index in [-0.39, 0.29) is 6.10 Å². The smallest absolute Gasteiger partial charge is 0.0674 e. The van der Waals surface area contributed by atoms with Gasteiger partial charge in [0.2, 0.25) is 0 Å². The van der Waals surface area contributed by atoms with Crippen LogP contribution >= 0.6 is 0 Å². The van der Waals surface area contributed by atoms with Crippen LogP contribution in [0.1, 0.15) is 46.5 Å². The van der Waals surface area contributed by atoms with Gasteiger partial charge >= 0.3 is 0 Å². The van der Waals surface area contributed by atoms with E-state index in [0.717, 1.165) is 19.5 Å². The summed E-state index contributed by atoms with van der Waals surface area (Å²) in [4.78, 5) is 2.43. The molecule has 92 valence electrons. The van der Waals surface area contributed by atoms with Crippen molar-refractivity contribution in [1.29, 1.82) is 0 Å². The summed E-state index contributed by atoms with van der Waals surface area (Å²) in [6.07, 6.45) is 4.27. The molecule has 0 bridgehead atoms. The number of unbranched alkanes of at least 4 members (excludes halogenated alkanes) is 2. The van der Waals surface area contributed by atoms with Crippen LogP contribution < -0.4 is 5.73 Å². The van der Waals surface area contributed by atoms with Crippen molar-refractivity contribution >= 4 is 0 Å². The molecule has 3 heteroatoms. The Morgan fingerprint density at radius 1 is 1.20 bits per heavy atom. The van der Waals surface area contributed by atoms with Crippen LogP contribution in [-0.4, -0.2) is 41.8 Å². The monoisotopic (exact) mass is 216 g/mol. The molecule has 0 aliphatic carbocycles. The number of nitrogens with two attached hydrogens (primary N) is 1. The molecular weight excluding hydrogens is 188 g/mol. The summed E-state index contributed by atoms with van der Waals surface area (Å²) in [5, 5.41) is 9.41. The zero-order valence-electron chi connectivity index (χ0n) is 10.6. The highest BCUT2D eigenvalue weighted by molar-refractivity contribution is 4.66. The first-order valence-electron chi connectivity index (χ1n) is 6.24. The van der Waals surface area contributed by atoms with Crippen LogP contribution in [0.2, 0.25) is 0 Å². The molecule has 0 spiro atoms. The predicted molar refractivity (Wildman–Crippen MR) is 65.9 cm³/mol. The van der Waals surface area contributed by atoms with Crippen molar-refractivity contribution in [3.05, 3.63) is 0 Å². The van der Waals surface area contributed by atoms with Crippen molar-refractivity contribution in [1.82, 2.24) is 4.90 Å². The Balaban J connectivity index is 3.73. The zero-order chi connectivity index (χ0) is 11.7. The number of rotatable bonds is 9. The molecule has 0 rings (SSSR count). The van der Waals surface area contributed by atoms with Crippen LogP contribution in [0.4, 0.5) is 0 Å². The summed E-state index contributed by atoms with van der Waals surface area (Å²) in [6.45, 7) is 9.11. The topological polar surface area (TPSA) is 49.5 Å². The number of nitrogens with zero attached hydrogens (tertiary/aromatic N) is 1. The van der Waals surface area contributed by atoms with Gasteiger partial charge in [-0.05, 0) is 33.2 Å². The molecule has 3 N–H and O–H groups in total. The number of aliphatic hydroxyl groups is 1. The molecule has 0 saturated carbocycles. The van der Waals surface area contributed by atoms with E-state index in [0.29, 0.717) is 12.6 Å². The highest BCUT2D eigenvalue weighted by Crippen LogP contribution is 2.05. The second kappa shape index (κ2) is 9.13. The lowest BCUT2D eigenvalue weighted by Crippen LogP contribution is -2.35. The Bertz CT molecular complexity index is 140. The summed E-state index contributed by atoms with van der Waals surface area (Å²) < 4.78 is 0. The molecule has 0 heterocycles. The summed E-state index contributed by atoms with van der Waals surface area (Å²) in [6, 6.07) is 0.562. The van der Waals surface area contributed by atoms with Gasteiger partial charge < -0.3 is 15.7 Å². The first-order chi connectivity index (χ1) is 7.11. The van der Waals surface area contributed by atoms with Crippen molar-refractivity contribution in [3.8, 4) is 0 Å². The van der Waals surface area contributed by atoms with Gasteiger partial charge in [0.1, 0.15) is 0 Å². The average molecular weight is 216 g/mol. The van der Waals surface area contributed by atoms with Gasteiger partial charge in [0.25, 0.3) is 0 Å². The zero-order valence-corrected chi connectivity index (χ0v) is 10.6. The van der Waals surface area contributed by atoms with Gasteiger partial charge in [0, 0.05) is 19.1 Å². The third kappa shape index (κ3) is 7.77. The van der Waals surface area contributed by atoms with Crippen molar-refractivity contribution in [2.75, 3.05) is 19.6 Å². The second-order valence-electron chi connectivity index (χ2n) is 4.52. The number of hydrogen-bond acceptors (Lipinski definition) is 3. The van der Waals surface area contributed by atoms with Crippen LogP contribution in [-0.2, 0) is 0 Å². The molecule has 1 atom stereocenters.